The summed E-state index contributed by atoms with van der Waals surface area (Å²) in [6.07, 6.45) is 3.39. The van der Waals surface area contributed by atoms with E-state index in [2.05, 4.69) is 31.2 Å². The molecule has 1 aromatic heterocycles. The molecule has 82 valence electrons. The lowest BCUT2D eigenvalue weighted by Gasteiger charge is -2.06. The van der Waals surface area contributed by atoms with Crippen LogP contribution in [0.3, 0.4) is 0 Å². The molecule has 0 atom stereocenters. The van der Waals surface area contributed by atoms with Gasteiger partial charge in [0.1, 0.15) is 0 Å². The molecule has 0 fully saturated rings. The highest BCUT2D eigenvalue weighted by Crippen LogP contribution is 2.21. The highest BCUT2D eigenvalue weighted by molar-refractivity contribution is 9.10. The van der Waals surface area contributed by atoms with E-state index in [1.165, 1.54) is 0 Å². The van der Waals surface area contributed by atoms with Crippen molar-refractivity contribution in [2.75, 3.05) is 5.32 Å². The molecule has 0 bridgehead atoms. The Morgan fingerprint density at radius 1 is 1.25 bits per heavy atom. The summed E-state index contributed by atoms with van der Waals surface area (Å²) in [5.41, 5.74) is 1.01. The third-order valence-electron chi connectivity index (χ3n) is 2.02. The first-order chi connectivity index (χ1) is 7.75. The van der Waals surface area contributed by atoms with Crippen LogP contribution >= 0.6 is 27.5 Å². The molecule has 16 heavy (non-hydrogen) atoms. The van der Waals surface area contributed by atoms with Crippen LogP contribution < -0.4 is 5.32 Å². The minimum Gasteiger partial charge on any atom is -0.350 e. The molecule has 0 aliphatic heterocycles. The zero-order valence-corrected chi connectivity index (χ0v) is 10.7. The lowest BCUT2D eigenvalue weighted by Crippen LogP contribution is -2.03. The number of halogens is 2. The highest BCUT2D eigenvalue weighted by atomic mass is 79.9. The van der Waals surface area contributed by atoms with Crippen molar-refractivity contribution in [3.63, 3.8) is 0 Å². The van der Waals surface area contributed by atoms with Crippen LogP contribution in [0, 0.1) is 0 Å². The second-order valence-corrected chi connectivity index (χ2v) is 4.48. The minimum absolute atomic E-state index is 0.599. The third kappa shape index (κ3) is 2.93. The van der Waals surface area contributed by atoms with Crippen LogP contribution in [-0.4, -0.2) is 9.97 Å². The fourth-order valence-electron chi connectivity index (χ4n) is 1.23. The first-order valence-corrected chi connectivity index (χ1v) is 5.87. The molecule has 0 radical (unpaired) electrons. The lowest BCUT2D eigenvalue weighted by atomic mass is 10.2. The van der Waals surface area contributed by atoms with Gasteiger partial charge in [-0.3, -0.25) is 0 Å². The number of hydrogen-bond acceptors (Lipinski definition) is 3. The molecule has 0 aliphatic carbocycles. The van der Waals surface area contributed by atoms with Crippen LogP contribution in [0.25, 0.3) is 0 Å². The Bertz CT molecular complexity index is 476. The Balaban J connectivity index is 2.05. The maximum atomic E-state index is 6.08. The van der Waals surface area contributed by atoms with Crippen LogP contribution in [-0.2, 0) is 6.54 Å². The maximum absolute atomic E-state index is 6.08. The molecule has 0 aliphatic rings. The normalized spacial score (nSPS) is 10.1. The second-order valence-electron chi connectivity index (χ2n) is 3.16. The zero-order chi connectivity index (χ0) is 11.4. The summed E-state index contributed by atoms with van der Waals surface area (Å²) in [7, 11) is 0. The number of benzene rings is 1. The van der Waals surface area contributed by atoms with E-state index in [0.717, 1.165) is 15.1 Å². The van der Waals surface area contributed by atoms with Crippen molar-refractivity contribution in [1.82, 2.24) is 9.97 Å². The molecule has 2 aromatic rings. The molecule has 5 heteroatoms. The molecule has 0 amide bonds. The van der Waals surface area contributed by atoms with Gasteiger partial charge < -0.3 is 5.32 Å². The highest BCUT2D eigenvalue weighted by Gasteiger charge is 2.01. The largest absolute Gasteiger partial charge is 0.350 e. The first kappa shape index (κ1) is 11.4. The Morgan fingerprint density at radius 2 is 2.00 bits per heavy atom. The van der Waals surface area contributed by atoms with Gasteiger partial charge in [0.25, 0.3) is 0 Å². The monoisotopic (exact) mass is 297 g/mol. The van der Waals surface area contributed by atoms with Gasteiger partial charge in [-0.05, 0) is 23.8 Å². The minimum atomic E-state index is 0.599. The average Bonchev–Trinajstić information content (AvgIpc) is 2.29. The Labute approximate surface area is 107 Å². The van der Waals surface area contributed by atoms with Crippen LogP contribution in [0.1, 0.15) is 5.56 Å². The topological polar surface area (TPSA) is 37.8 Å². The Kier molecular flexibility index (Phi) is 3.74. The van der Waals surface area contributed by atoms with Crippen LogP contribution in [0.2, 0.25) is 5.02 Å². The summed E-state index contributed by atoms with van der Waals surface area (Å²) in [6, 6.07) is 7.55. The van der Waals surface area contributed by atoms with Crippen molar-refractivity contribution < 1.29 is 0 Å². The van der Waals surface area contributed by atoms with Gasteiger partial charge in [0.15, 0.2) is 0 Å². The molecular formula is C11H9BrClN3. The molecule has 2 rings (SSSR count). The van der Waals surface area contributed by atoms with Gasteiger partial charge in [0.05, 0.1) is 0 Å². The second kappa shape index (κ2) is 5.27. The van der Waals surface area contributed by atoms with Crippen molar-refractivity contribution >= 4 is 33.5 Å². The Hall–Kier alpha value is -1.13. The Morgan fingerprint density at radius 3 is 2.69 bits per heavy atom. The van der Waals surface area contributed by atoms with Gasteiger partial charge in [0, 0.05) is 28.4 Å². The van der Waals surface area contributed by atoms with Crippen molar-refractivity contribution in [3.05, 3.63) is 51.7 Å². The van der Waals surface area contributed by atoms with E-state index in [9.17, 15) is 0 Å². The van der Waals surface area contributed by atoms with E-state index in [-0.39, 0.29) is 0 Å². The van der Waals surface area contributed by atoms with E-state index in [4.69, 9.17) is 11.6 Å². The van der Waals surface area contributed by atoms with E-state index < -0.39 is 0 Å². The molecule has 0 spiro atoms. The summed E-state index contributed by atoms with van der Waals surface area (Å²) in [6.45, 7) is 0.607. The SMILES string of the molecule is Clc1cc(Br)ccc1CNc1ncccn1. The van der Waals surface area contributed by atoms with Crippen molar-refractivity contribution in [1.29, 1.82) is 0 Å². The van der Waals surface area contributed by atoms with Crippen molar-refractivity contribution in [2.24, 2.45) is 0 Å². The maximum Gasteiger partial charge on any atom is 0.222 e. The zero-order valence-electron chi connectivity index (χ0n) is 8.32. The number of nitrogens with one attached hydrogen (secondary N) is 1. The van der Waals surface area contributed by atoms with Gasteiger partial charge in [0.2, 0.25) is 5.95 Å². The molecule has 0 unspecified atom stereocenters. The van der Waals surface area contributed by atoms with Gasteiger partial charge in [-0.15, -0.1) is 0 Å². The predicted molar refractivity (Wildman–Crippen MR) is 68.5 cm³/mol. The number of aromatic nitrogens is 2. The van der Waals surface area contributed by atoms with E-state index in [0.29, 0.717) is 12.5 Å². The van der Waals surface area contributed by atoms with E-state index in [1.807, 2.05) is 18.2 Å². The lowest BCUT2D eigenvalue weighted by molar-refractivity contribution is 1.05. The summed E-state index contributed by atoms with van der Waals surface area (Å²) < 4.78 is 0.970. The molecule has 1 heterocycles. The van der Waals surface area contributed by atoms with Crippen LogP contribution in [0.4, 0.5) is 5.95 Å². The fraction of sp³-hybridized carbons (Fsp3) is 0.0909. The molecule has 0 saturated heterocycles. The summed E-state index contributed by atoms with van der Waals surface area (Å²) in [5, 5.41) is 3.82. The molecule has 1 N–H and O–H groups in total. The first-order valence-electron chi connectivity index (χ1n) is 4.70. The summed E-state index contributed by atoms with van der Waals surface area (Å²) >= 11 is 9.45. The number of anilines is 1. The number of rotatable bonds is 3. The average molecular weight is 299 g/mol. The van der Waals surface area contributed by atoms with Crippen molar-refractivity contribution in [3.8, 4) is 0 Å². The fourth-order valence-corrected chi connectivity index (χ4v) is 1.97. The van der Waals surface area contributed by atoms with Crippen LogP contribution in [0.5, 0.6) is 0 Å². The van der Waals surface area contributed by atoms with E-state index >= 15 is 0 Å². The summed E-state index contributed by atoms with van der Waals surface area (Å²) in [4.78, 5) is 8.13. The summed E-state index contributed by atoms with van der Waals surface area (Å²) in [5.74, 6) is 0.599. The predicted octanol–water partition coefficient (Wildman–Crippen LogP) is 3.50. The molecular weight excluding hydrogens is 289 g/mol. The third-order valence-corrected chi connectivity index (χ3v) is 2.86. The molecule has 1 aromatic carbocycles. The van der Waals surface area contributed by atoms with Crippen molar-refractivity contribution in [2.45, 2.75) is 6.54 Å². The van der Waals surface area contributed by atoms with Gasteiger partial charge >= 0.3 is 0 Å². The quantitative estimate of drug-likeness (QED) is 0.942. The van der Waals surface area contributed by atoms with Gasteiger partial charge in [-0.25, -0.2) is 9.97 Å². The number of hydrogen-bond donors (Lipinski definition) is 1. The van der Waals surface area contributed by atoms with Crippen LogP contribution in [0.15, 0.2) is 41.1 Å². The standard InChI is InChI=1S/C11H9BrClN3/c12-9-3-2-8(10(13)6-9)7-16-11-14-4-1-5-15-11/h1-6H,7H2,(H,14,15,16). The molecule has 0 saturated carbocycles. The number of nitrogens with zero attached hydrogens (tertiary/aromatic N) is 2. The van der Waals surface area contributed by atoms with Gasteiger partial charge in [-0.1, -0.05) is 33.6 Å². The van der Waals surface area contributed by atoms with E-state index in [1.54, 1.807) is 18.5 Å². The smallest absolute Gasteiger partial charge is 0.222 e. The van der Waals surface area contributed by atoms with Gasteiger partial charge in [-0.2, -0.15) is 0 Å². The molecule has 3 nitrogen and oxygen atoms in total.